The number of aryl methyl sites for hydroxylation is 1. The van der Waals surface area contributed by atoms with Gasteiger partial charge in [-0.25, -0.2) is 4.79 Å². The summed E-state index contributed by atoms with van der Waals surface area (Å²) in [5, 5.41) is 9.62. The molecule has 0 aliphatic heterocycles. The Balaban J connectivity index is 2.37. The summed E-state index contributed by atoms with van der Waals surface area (Å²) in [7, 11) is 0. The van der Waals surface area contributed by atoms with Gasteiger partial charge in [0.1, 0.15) is 5.54 Å². The number of aliphatic carboxylic acids is 1. The number of nitrogens with zero attached hydrogens (tertiary/aromatic N) is 1. The topological polar surface area (TPSA) is 40.5 Å². The van der Waals surface area contributed by atoms with E-state index in [2.05, 4.69) is 0 Å². The standard InChI is InChI=1S/C15H21NO2/c1-4-16(13-9-5-11(2)6-10-13)15(3,14(17)18)12-7-8-12/h5-6,9-10,12H,4,7-8H2,1-3H3,(H,17,18). The lowest BCUT2D eigenvalue weighted by Crippen LogP contribution is -2.54. The first-order valence-corrected chi connectivity index (χ1v) is 6.57. The van der Waals surface area contributed by atoms with Gasteiger partial charge in [-0.15, -0.1) is 0 Å². The van der Waals surface area contributed by atoms with Gasteiger partial charge in [-0.3, -0.25) is 0 Å². The van der Waals surface area contributed by atoms with Gasteiger partial charge in [0.25, 0.3) is 0 Å². The zero-order chi connectivity index (χ0) is 13.3. The normalized spacial score (nSPS) is 18.2. The molecule has 0 spiro atoms. The van der Waals surface area contributed by atoms with Crippen molar-refractivity contribution in [1.82, 2.24) is 0 Å². The lowest BCUT2D eigenvalue weighted by molar-refractivity contribution is -0.143. The molecule has 0 amide bonds. The van der Waals surface area contributed by atoms with Crippen LogP contribution in [0.2, 0.25) is 0 Å². The summed E-state index contributed by atoms with van der Waals surface area (Å²) in [4.78, 5) is 13.7. The summed E-state index contributed by atoms with van der Waals surface area (Å²) in [6, 6.07) is 8.10. The highest BCUT2D eigenvalue weighted by Crippen LogP contribution is 2.44. The van der Waals surface area contributed by atoms with Crippen molar-refractivity contribution < 1.29 is 9.90 Å². The molecule has 0 heterocycles. The molecule has 18 heavy (non-hydrogen) atoms. The average Bonchev–Trinajstić information content (AvgIpc) is 3.16. The van der Waals surface area contributed by atoms with Gasteiger partial charge in [0, 0.05) is 12.2 Å². The Morgan fingerprint density at radius 2 is 1.94 bits per heavy atom. The van der Waals surface area contributed by atoms with E-state index in [9.17, 15) is 9.90 Å². The molecule has 0 aromatic heterocycles. The minimum Gasteiger partial charge on any atom is -0.479 e. The number of likely N-dealkylation sites (N-methyl/N-ethyl adjacent to an activating group) is 1. The van der Waals surface area contributed by atoms with Crippen LogP contribution < -0.4 is 4.90 Å². The summed E-state index contributed by atoms with van der Waals surface area (Å²) in [5.41, 5.74) is 1.42. The van der Waals surface area contributed by atoms with Gasteiger partial charge < -0.3 is 10.0 Å². The predicted octanol–water partition coefficient (Wildman–Crippen LogP) is 3.07. The van der Waals surface area contributed by atoms with Gasteiger partial charge in [0.2, 0.25) is 0 Å². The number of carboxylic acids is 1. The Morgan fingerprint density at radius 1 is 1.39 bits per heavy atom. The number of hydrogen-bond donors (Lipinski definition) is 1. The maximum Gasteiger partial charge on any atom is 0.329 e. The maximum absolute atomic E-state index is 11.7. The Labute approximate surface area is 108 Å². The van der Waals surface area contributed by atoms with Crippen molar-refractivity contribution in [1.29, 1.82) is 0 Å². The SMILES string of the molecule is CCN(c1ccc(C)cc1)C(C)(C(=O)O)C1CC1. The highest BCUT2D eigenvalue weighted by Gasteiger charge is 2.51. The molecular formula is C15H21NO2. The molecule has 1 unspecified atom stereocenters. The number of carboxylic acid groups (broad SMARTS) is 1. The van der Waals surface area contributed by atoms with Gasteiger partial charge in [-0.2, -0.15) is 0 Å². The largest absolute Gasteiger partial charge is 0.479 e. The van der Waals surface area contributed by atoms with Crippen LogP contribution in [-0.2, 0) is 4.79 Å². The van der Waals surface area contributed by atoms with E-state index < -0.39 is 11.5 Å². The quantitative estimate of drug-likeness (QED) is 0.869. The Hall–Kier alpha value is -1.51. The Bertz CT molecular complexity index is 436. The van der Waals surface area contributed by atoms with Crippen LogP contribution in [0.25, 0.3) is 0 Å². The fourth-order valence-electron chi connectivity index (χ4n) is 2.66. The smallest absolute Gasteiger partial charge is 0.329 e. The molecule has 98 valence electrons. The molecular weight excluding hydrogens is 226 g/mol. The zero-order valence-corrected chi connectivity index (χ0v) is 11.3. The number of hydrogen-bond acceptors (Lipinski definition) is 2. The Kier molecular flexibility index (Phi) is 3.33. The van der Waals surface area contributed by atoms with E-state index in [1.165, 1.54) is 5.56 Å². The van der Waals surface area contributed by atoms with Crippen molar-refractivity contribution in [3.05, 3.63) is 29.8 Å². The molecule has 1 aromatic carbocycles. The number of rotatable bonds is 5. The Morgan fingerprint density at radius 3 is 2.33 bits per heavy atom. The van der Waals surface area contributed by atoms with Crippen molar-refractivity contribution >= 4 is 11.7 Å². The van der Waals surface area contributed by atoms with Crippen LogP contribution in [-0.4, -0.2) is 23.2 Å². The van der Waals surface area contributed by atoms with E-state index in [0.29, 0.717) is 6.54 Å². The van der Waals surface area contributed by atoms with Crippen molar-refractivity contribution in [3.8, 4) is 0 Å². The van der Waals surface area contributed by atoms with E-state index >= 15 is 0 Å². The molecule has 0 bridgehead atoms. The number of anilines is 1. The molecule has 0 radical (unpaired) electrons. The van der Waals surface area contributed by atoms with Crippen LogP contribution in [0.15, 0.2) is 24.3 Å². The van der Waals surface area contributed by atoms with Crippen LogP contribution in [0.5, 0.6) is 0 Å². The third-order valence-electron chi connectivity index (χ3n) is 4.03. The van der Waals surface area contributed by atoms with Gasteiger partial charge in [-0.1, -0.05) is 17.7 Å². The lowest BCUT2D eigenvalue weighted by atomic mass is 9.92. The highest BCUT2D eigenvalue weighted by atomic mass is 16.4. The summed E-state index contributed by atoms with van der Waals surface area (Å²) >= 11 is 0. The molecule has 2 rings (SSSR count). The molecule has 1 saturated carbocycles. The van der Waals surface area contributed by atoms with E-state index in [0.717, 1.165) is 18.5 Å². The summed E-state index contributed by atoms with van der Waals surface area (Å²) in [6.07, 6.45) is 2.04. The lowest BCUT2D eigenvalue weighted by Gasteiger charge is -2.39. The first-order chi connectivity index (χ1) is 8.50. The van der Waals surface area contributed by atoms with Gasteiger partial charge in [-0.05, 0) is 51.7 Å². The zero-order valence-electron chi connectivity index (χ0n) is 11.3. The van der Waals surface area contributed by atoms with Crippen LogP contribution in [0.1, 0.15) is 32.3 Å². The van der Waals surface area contributed by atoms with Crippen LogP contribution in [0.4, 0.5) is 5.69 Å². The molecule has 1 aliphatic rings. The maximum atomic E-state index is 11.7. The van der Waals surface area contributed by atoms with Crippen molar-refractivity contribution in [2.24, 2.45) is 5.92 Å². The fourth-order valence-corrected chi connectivity index (χ4v) is 2.66. The summed E-state index contributed by atoms with van der Waals surface area (Å²) in [6.45, 7) is 6.62. The second-order valence-corrected chi connectivity index (χ2v) is 5.31. The molecule has 3 heteroatoms. The summed E-state index contributed by atoms with van der Waals surface area (Å²) in [5.74, 6) is -0.441. The second-order valence-electron chi connectivity index (χ2n) is 5.31. The van der Waals surface area contributed by atoms with E-state index in [-0.39, 0.29) is 5.92 Å². The van der Waals surface area contributed by atoms with Gasteiger partial charge in [0.15, 0.2) is 0 Å². The third kappa shape index (κ3) is 2.09. The van der Waals surface area contributed by atoms with Gasteiger partial charge in [0.05, 0.1) is 0 Å². The van der Waals surface area contributed by atoms with E-state index in [4.69, 9.17) is 0 Å². The highest BCUT2D eigenvalue weighted by molar-refractivity contribution is 5.84. The molecule has 1 aliphatic carbocycles. The first kappa shape index (κ1) is 12.9. The fraction of sp³-hybridized carbons (Fsp3) is 0.533. The van der Waals surface area contributed by atoms with Crippen molar-refractivity contribution in [2.75, 3.05) is 11.4 Å². The van der Waals surface area contributed by atoms with Crippen molar-refractivity contribution in [2.45, 2.75) is 39.2 Å². The van der Waals surface area contributed by atoms with Gasteiger partial charge >= 0.3 is 5.97 Å². The molecule has 3 nitrogen and oxygen atoms in total. The van der Waals surface area contributed by atoms with Crippen LogP contribution >= 0.6 is 0 Å². The molecule has 1 aromatic rings. The van der Waals surface area contributed by atoms with Crippen LogP contribution in [0, 0.1) is 12.8 Å². The number of carbonyl (C=O) groups is 1. The van der Waals surface area contributed by atoms with E-state index in [1.807, 2.05) is 49.9 Å². The molecule has 1 N–H and O–H groups in total. The summed E-state index contributed by atoms with van der Waals surface area (Å²) < 4.78 is 0. The minimum absolute atomic E-state index is 0.274. The third-order valence-corrected chi connectivity index (χ3v) is 4.03. The van der Waals surface area contributed by atoms with E-state index in [1.54, 1.807) is 0 Å². The predicted molar refractivity (Wildman–Crippen MR) is 73.0 cm³/mol. The first-order valence-electron chi connectivity index (χ1n) is 6.57. The molecule has 1 atom stereocenters. The van der Waals surface area contributed by atoms with Crippen molar-refractivity contribution in [3.63, 3.8) is 0 Å². The monoisotopic (exact) mass is 247 g/mol. The second kappa shape index (κ2) is 4.63. The molecule has 1 fully saturated rings. The van der Waals surface area contributed by atoms with Crippen LogP contribution in [0.3, 0.4) is 0 Å². The number of benzene rings is 1. The molecule has 0 saturated heterocycles. The average molecular weight is 247 g/mol. The minimum atomic E-state index is -0.774.